The number of fused-ring (bicyclic) bond motifs is 1. The van der Waals surface area contributed by atoms with Crippen LogP contribution in [-0.2, 0) is 0 Å². The third-order valence-corrected chi connectivity index (χ3v) is 4.15. The molecule has 0 bridgehead atoms. The van der Waals surface area contributed by atoms with Gasteiger partial charge in [-0.15, -0.1) is 0 Å². The summed E-state index contributed by atoms with van der Waals surface area (Å²) in [5, 5.41) is 3.72. The molecule has 1 aliphatic heterocycles. The van der Waals surface area contributed by atoms with Crippen LogP contribution in [0.3, 0.4) is 0 Å². The highest BCUT2D eigenvalue weighted by atomic mass is 15.2. The molecular weight excluding hydrogens is 134 g/mol. The summed E-state index contributed by atoms with van der Waals surface area (Å²) >= 11 is 0. The molecule has 3 aliphatic rings. The van der Waals surface area contributed by atoms with Gasteiger partial charge in [0.1, 0.15) is 0 Å². The summed E-state index contributed by atoms with van der Waals surface area (Å²) in [6.07, 6.45) is 10.5. The van der Waals surface area contributed by atoms with Gasteiger partial charge in [0, 0.05) is 11.6 Å². The van der Waals surface area contributed by atoms with E-state index in [0.29, 0.717) is 5.54 Å². The minimum atomic E-state index is 0.691. The van der Waals surface area contributed by atoms with Crippen molar-refractivity contribution in [3.05, 3.63) is 0 Å². The van der Waals surface area contributed by atoms with E-state index in [9.17, 15) is 0 Å². The average molecular weight is 151 g/mol. The smallest absolute Gasteiger partial charge is 0.0366 e. The molecule has 2 aliphatic carbocycles. The molecule has 1 N–H and O–H groups in total. The summed E-state index contributed by atoms with van der Waals surface area (Å²) < 4.78 is 0. The van der Waals surface area contributed by atoms with E-state index in [4.69, 9.17) is 0 Å². The molecule has 2 atom stereocenters. The Bertz CT molecular complexity index is 172. The van der Waals surface area contributed by atoms with E-state index in [1.165, 1.54) is 44.9 Å². The fourth-order valence-corrected chi connectivity index (χ4v) is 3.50. The van der Waals surface area contributed by atoms with Crippen molar-refractivity contribution in [1.29, 1.82) is 0 Å². The molecule has 0 radical (unpaired) electrons. The molecule has 1 heterocycles. The molecule has 1 heteroatoms. The molecule has 0 amide bonds. The van der Waals surface area contributed by atoms with Crippen LogP contribution in [0.4, 0.5) is 0 Å². The normalized spacial score (nSPS) is 49.6. The van der Waals surface area contributed by atoms with Crippen molar-refractivity contribution in [3.8, 4) is 0 Å². The Hall–Kier alpha value is -0.0400. The fourth-order valence-electron chi connectivity index (χ4n) is 3.50. The molecule has 62 valence electrons. The van der Waals surface area contributed by atoms with Crippen molar-refractivity contribution in [2.45, 2.75) is 56.5 Å². The third-order valence-electron chi connectivity index (χ3n) is 4.15. The van der Waals surface area contributed by atoms with Gasteiger partial charge >= 0.3 is 0 Å². The Morgan fingerprint density at radius 3 is 2.36 bits per heavy atom. The quantitative estimate of drug-likeness (QED) is 0.569. The van der Waals surface area contributed by atoms with E-state index >= 15 is 0 Å². The largest absolute Gasteiger partial charge is 0.305 e. The van der Waals surface area contributed by atoms with Crippen LogP contribution in [0.15, 0.2) is 0 Å². The van der Waals surface area contributed by atoms with Crippen LogP contribution < -0.4 is 5.32 Å². The van der Waals surface area contributed by atoms with E-state index in [0.717, 1.165) is 12.0 Å². The van der Waals surface area contributed by atoms with Crippen molar-refractivity contribution in [1.82, 2.24) is 5.32 Å². The number of hydrogen-bond acceptors (Lipinski definition) is 1. The maximum Gasteiger partial charge on any atom is 0.0366 e. The molecular formula is C10H17N. The van der Waals surface area contributed by atoms with Gasteiger partial charge in [-0.3, -0.25) is 0 Å². The van der Waals surface area contributed by atoms with Gasteiger partial charge in [0.05, 0.1) is 0 Å². The van der Waals surface area contributed by atoms with Crippen LogP contribution in [0, 0.1) is 5.92 Å². The number of rotatable bonds is 1. The summed E-state index contributed by atoms with van der Waals surface area (Å²) in [5.41, 5.74) is 0.691. The van der Waals surface area contributed by atoms with E-state index in [1.807, 2.05) is 0 Å². The highest BCUT2D eigenvalue weighted by Gasteiger charge is 2.60. The lowest BCUT2D eigenvalue weighted by Gasteiger charge is -2.18. The van der Waals surface area contributed by atoms with Crippen LogP contribution in [0.2, 0.25) is 0 Å². The molecule has 2 unspecified atom stereocenters. The maximum atomic E-state index is 3.72. The number of hydrogen-bond donors (Lipinski definition) is 1. The van der Waals surface area contributed by atoms with E-state index < -0.39 is 0 Å². The van der Waals surface area contributed by atoms with Gasteiger partial charge in [-0.05, 0) is 38.0 Å². The van der Waals surface area contributed by atoms with Gasteiger partial charge in [-0.25, -0.2) is 0 Å². The summed E-state index contributed by atoms with van der Waals surface area (Å²) in [6.45, 7) is 0. The molecule has 2 saturated carbocycles. The van der Waals surface area contributed by atoms with Gasteiger partial charge in [0.25, 0.3) is 0 Å². The van der Waals surface area contributed by atoms with Crippen LogP contribution in [0.5, 0.6) is 0 Å². The molecule has 0 aromatic heterocycles. The Kier molecular flexibility index (Phi) is 1.18. The third kappa shape index (κ3) is 0.752. The average Bonchev–Trinajstić information content (AvgIpc) is 2.56. The van der Waals surface area contributed by atoms with Gasteiger partial charge in [0.15, 0.2) is 0 Å². The Morgan fingerprint density at radius 1 is 1.00 bits per heavy atom. The van der Waals surface area contributed by atoms with Gasteiger partial charge in [0.2, 0.25) is 0 Å². The SMILES string of the molecule is C1CCC(C23CCCC2N3)C1. The lowest BCUT2D eigenvalue weighted by atomic mass is 9.88. The number of nitrogens with one attached hydrogen (secondary N) is 1. The number of piperidine rings is 1. The zero-order valence-corrected chi connectivity index (χ0v) is 7.10. The second-order valence-corrected chi connectivity index (χ2v) is 4.61. The van der Waals surface area contributed by atoms with Gasteiger partial charge in [-0.2, -0.15) is 0 Å². The Morgan fingerprint density at radius 2 is 1.82 bits per heavy atom. The second kappa shape index (κ2) is 2.01. The Labute approximate surface area is 68.6 Å². The minimum Gasteiger partial charge on any atom is -0.305 e. The first-order chi connectivity index (χ1) is 5.42. The highest BCUT2D eigenvalue weighted by Crippen LogP contribution is 2.52. The van der Waals surface area contributed by atoms with Gasteiger partial charge in [-0.1, -0.05) is 12.8 Å². The molecule has 11 heavy (non-hydrogen) atoms. The fraction of sp³-hybridized carbons (Fsp3) is 1.00. The van der Waals surface area contributed by atoms with E-state index in [2.05, 4.69) is 5.32 Å². The Balaban J connectivity index is 1.77. The topological polar surface area (TPSA) is 21.9 Å². The second-order valence-electron chi connectivity index (χ2n) is 4.61. The summed E-state index contributed by atoms with van der Waals surface area (Å²) in [4.78, 5) is 0. The van der Waals surface area contributed by atoms with Crippen LogP contribution in [-0.4, -0.2) is 11.6 Å². The van der Waals surface area contributed by atoms with Crippen LogP contribution in [0.25, 0.3) is 0 Å². The molecule has 1 nitrogen and oxygen atoms in total. The summed E-state index contributed by atoms with van der Waals surface area (Å²) in [6, 6.07) is 0.950. The summed E-state index contributed by atoms with van der Waals surface area (Å²) in [5.74, 6) is 1.06. The van der Waals surface area contributed by atoms with E-state index in [1.54, 1.807) is 0 Å². The van der Waals surface area contributed by atoms with Crippen molar-refractivity contribution in [2.24, 2.45) is 5.92 Å². The first-order valence-electron chi connectivity index (χ1n) is 5.19. The first kappa shape index (κ1) is 6.47. The molecule has 0 spiro atoms. The van der Waals surface area contributed by atoms with E-state index in [-0.39, 0.29) is 0 Å². The standard InChI is InChI=1S/C10H17N/c1-2-5-8(4-1)10-7-3-6-9(10)11-10/h8-9,11H,1-7H2. The highest BCUT2D eigenvalue weighted by molar-refractivity contribution is 5.21. The zero-order valence-electron chi connectivity index (χ0n) is 7.10. The molecule has 0 aromatic rings. The minimum absolute atomic E-state index is 0.691. The monoisotopic (exact) mass is 151 g/mol. The predicted octanol–water partition coefficient (Wildman–Crippen LogP) is 2.07. The molecule has 3 rings (SSSR count). The van der Waals surface area contributed by atoms with Crippen molar-refractivity contribution in [3.63, 3.8) is 0 Å². The first-order valence-corrected chi connectivity index (χ1v) is 5.19. The molecule has 0 aromatic carbocycles. The van der Waals surface area contributed by atoms with Crippen molar-refractivity contribution in [2.75, 3.05) is 0 Å². The lowest BCUT2D eigenvalue weighted by Crippen LogP contribution is -2.24. The molecule has 3 fully saturated rings. The van der Waals surface area contributed by atoms with Crippen molar-refractivity contribution < 1.29 is 0 Å². The maximum absolute atomic E-state index is 3.72. The van der Waals surface area contributed by atoms with Gasteiger partial charge < -0.3 is 5.32 Å². The van der Waals surface area contributed by atoms with Crippen molar-refractivity contribution >= 4 is 0 Å². The van der Waals surface area contributed by atoms with Crippen LogP contribution in [0.1, 0.15) is 44.9 Å². The summed E-state index contributed by atoms with van der Waals surface area (Å²) in [7, 11) is 0. The predicted molar refractivity (Wildman–Crippen MR) is 45.5 cm³/mol. The van der Waals surface area contributed by atoms with Crippen LogP contribution >= 0.6 is 0 Å². The molecule has 1 saturated heterocycles. The lowest BCUT2D eigenvalue weighted by molar-refractivity contribution is 0.386. The zero-order chi connectivity index (χ0) is 7.31.